The molecule has 5 aromatic rings. The van der Waals surface area contributed by atoms with Crippen LogP contribution in [-0.2, 0) is 16.8 Å². The number of carboxylic acids is 1. The standard InChI is InChI=1S/C30H19BrCl2F2N3O7PS/c31-23-11-16(7-9-22(23)30(34,35)46(42,43)44)15-38-29(36-26(39)17-8-10-24(32)25(33)14-17)47-27(37-38)18-3-1-5-20(12-18)45-21-6-2-4-19(13-21)28(40)41/h1-14H,15H2,(H,40,41)(H2,42,43,44). The molecule has 0 saturated carbocycles. The Hall–Kier alpha value is -3.75. The van der Waals surface area contributed by atoms with E-state index < -0.39 is 30.7 Å². The zero-order chi connectivity index (χ0) is 34.1. The van der Waals surface area contributed by atoms with Gasteiger partial charge in [-0.2, -0.15) is 18.9 Å². The highest BCUT2D eigenvalue weighted by atomic mass is 79.9. The third-order valence-corrected chi connectivity index (χ3v) is 9.80. The first-order valence-corrected chi connectivity index (χ1v) is 17.1. The van der Waals surface area contributed by atoms with Gasteiger partial charge in [0.2, 0.25) is 4.80 Å². The van der Waals surface area contributed by atoms with Gasteiger partial charge in [0.05, 0.1) is 22.2 Å². The molecule has 0 bridgehead atoms. The molecule has 1 heterocycles. The number of aromatic nitrogens is 2. The van der Waals surface area contributed by atoms with Crippen molar-refractivity contribution in [2.75, 3.05) is 0 Å². The highest BCUT2D eigenvalue weighted by Crippen LogP contribution is 2.60. The molecular weight excluding hydrogens is 766 g/mol. The number of ether oxygens (including phenoxy) is 1. The van der Waals surface area contributed by atoms with Crippen molar-refractivity contribution in [2.24, 2.45) is 4.99 Å². The molecular formula is C30H19BrCl2F2N3O7PS. The second-order valence-corrected chi connectivity index (χ2v) is 14.0. The summed E-state index contributed by atoms with van der Waals surface area (Å²) in [6.45, 7) is -0.0808. The van der Waals surface area contributed by atoms with Gasteiger partial charge in [0, 0.05) is 21.2 Å². The average molecular weight is 785 g/mol. The number of hydrogen-bond donors (Lipinski definition) is 3. The normalized spacial score (nSPS) is 12.3. The summed E-state index contributed by atoms with van der Waals surface area (Å²) in [7, 11) is -5.81. The molecule has 0 aliphatic rings. The lowest BCUT2D eigenvalue weighted by Crippen LogP contribution is -2.20. The fourth-order valence-electron chi connectivity index (χ4n) is 4.14. The Kier molecular flexibility index (Phi) is 10.1. The largest absolute Gasteiger partial charge is 0.478 e. The van der Waals surface area contributed by atoms with Gasteiger partial charge in [-0.25, -0.2) is 9.48 Å². The molecule has 0 atom stereocenters. The maximum absolute atomic E-state index is 14.4. The third-order valence-electron chi connectivity index (χ3n) is 6.44. The van der Waals surface area contributed by atoms with Crippen LogP contribution >= 0.6 is 58.1 Å². The fraction of sp³-hybridized carbons (Fsp3) is 0.0667. The molecule has 4 aromatic carbocycles. The predicted octanol–water partition coefficient (Wildman–Crippen LogP) is 8.19. The van der Waals surface area contributed by atoms with Crippen LogP contribution in [0.3, 0.4) is 0 Å². The van der Waals surface area contributed by atoms with Crippen LogP contribution in [0.4, 0.5) is 8.78 Å². The van der Waals surface area contributed by atoms with Crippen molar-refractivity contribution in [2.45, 2.75) is 12.2 Å². The summed E-state index contributed by atoms with van der Waals surface area (Å²) < 4.78 is 47.2. The lowest BCUT2D eigenvalue weighted by Gasteiger charge is -2.19. The van der Waals surface area contributed by atoms with E-state index in [2.05, 4.69) is 26.0 Å². The van der Waals surface area contributed by atoms with Crippen molar-refractivity contribution in [3.63, 3.8) is 0 Å². The zero-order valence-corrected chi connectivity index (χ0v) is 28.2. The first-order valence-electron chi connectivity index (χ1n) is 13.1. The van der Waals surface area contributed by atoms with E-state index in [1.807, 2.05) is 0 Å². The number of carbonyl (C=O) groups is 2. The second kappa shape index (κ2) is 13.8. The summed E-state index contributed by atoms with van der Waals surface area (Å²) in [6.07, 6.45) is 0. The number of carbonyl (C=O) groups excluding carboxylic acids is 1. The summed E-state index contributed by atoms with van der Waals surface area (Å²) in [5.74, 6) is -1.12. The summed E-state index contributed by atoms with van der Waals surface area (Å²) in [5, 5.41) is 14.7. The molecule has 1 amide bonds. The molecule has 0 spiro atoms. The van der Waals surface area contributed by atoms with E-state index in [0.717, 1.165) is 17.4 Å². The Morgan fingerprint density at radius 3 is 2.32 bits per heavy atom. The van der Waals surface area contributed by atoms with Gasteiger partial charge in [0.25, 0.3) is 5.91 Å². The minimum atomic E-state index is -5.81. The van der Waals surface area contributed by atoms with E-state index >= 15 is 0 Å². The number of nitrogens with zero attached hydrogens (tertiary/aromatic N) is 3. The maximum atomic E-state index is 14.4. The van der Waals surface area contributed by atoms with Crippen molar-refractivity contribution in [1.29, 1.82) is 0 Å². The van der Waals surface area contributed by atoms with Crippen molar-refractivity contribution >= 4 is 69.9 Å². The van der Waals surface area contributed by atoms with Gasteiger partial charge >= 0.3 is 19.2 Å². The maximum Gasteiger partial charge on any atom is 0.399 e. The molecule has 47 heavy (non-hydrogen) atoms. The van der Waals surface area contributed by atoms with Crippen LogP contribution in [0.25, 0.3) is 10.6 Å². The number of aromatic carboxylic acids is 1. The molecule has 0 fully saturated rings. The number of alkyl halides is 2. The number of carboxylic acid groups (broad SMARTS) is 1. The molecule has 10 nitrogen and oxygen atoms in total. The van der Waals surface area contributed by atoms with Gasteiger partial charge in [-0.1, -0.05) is 80.8 Å². The number of amides is 1. The fourth-order valence-corrected chi connectivity index (χ4v) is 6.68. The van der Waals surface area contributed by atoms with E-state index in [1.165, 1.54) is 47.1 Å². The molecule has 0 aliphatic carbocycles. The Labute approximate surface area is 286 Å². The molecule has 1 aromatic heterocycles. The highest BCUT2D eigenvalue weighted by molar-refractivity contribution is 9.10. The van der Waals surface area contributed by atoms with Gasteiger partial charge < -0.3 is 19.6 Å². The van der Waals surface area contributed by atoms with Crippen molar-refractivity contribution < 1.29 is 42.6 Å². The van der Waals surface area contributed by atoms with Crippen LogP contribution < -0.4 is 9.54 Å². The number of rotatable bonds is 9. The van der Waals surface area contributed by atoms with E-state index in [4.69, 9.17) is 37.7 Å². The van der Waals surface area contributed by atoms with Crippen LogP contribution in [0, 0.1) is 0 Å². The molecule has 0 aliphatic heterocycles. The van der Waals surface area contributed by atoms with Crippen LogP contribution in [0.15, 0.2) is 94.4 Å². The highest BCUT2D eigenvalue weighted by Gasteiger charge is 2.51. The Morgan fingerprint density at radius 2 is 1.66 bits per heavy atom. The topological polar surface area (TPSA) is 151 Å². The molecule has 17 heteroatoms. The summed E-state index contributed by atoms with van der Waals surface area (Å²) in [6, 6.07) is 20.3. The van der Waals surface area contributed by atoms with Gasteiger partial charge in [-0.3, -0.25) is 9.36 Å². The zero-order valence-electron chi connectivity index (χ0n) is 23.4. The molecule has 3 N–H and O–H groups in total. The number of hydrogen-bond acceptors (Lipinski definition) is 6. The van der Waals surface area contributed by atoms with Crippen LogP contribution in [0.5, 0.6) is 11.5 Å². The molecule has 242 valence electrons. The Morgan fingerprint density at radius 1 is 0.957 bits per heavy atom. The van der Waals surface area contributed by atoms with Crippen molar-refractivity contribution in [3.8, 4) is 22.1 Å². The van der Waals surface area contributed by atoms with Crippen molar-refractivity contribution in [3.05, 3.63) is 127 Å². The van der Waals surface area contributed by atoms with Crippen LogP contribution in [-0.4, -0.2) is 36.6 Å². The minimum absolute atomic E-state index is 0.0441. The monoisotopic (exact) mass is 783 g/mol. The minimum Gasteiger partial charge on any atom is -0.478 e. The summed E-state index contributed by atoms with van der Waals surface area (Å²) in [4.78, 5) is 47.1. The molecule has 0 unspecified atom stereocenters. The van der Waals surface area contributed by atoms with Crippen LogP contribution in [0.2, 0.25) is 10.0 Å². The van der Waals surface area contributed by atoms with Gasteiger partial charge in [-0.05, 0) is 60.2 Å². The van der Waals surface area contributed by atoms with E-state index in [0.29, 0.717) is 21.9 Å². The second-order valence-electron chi connectivity index (χ2n) is 9.76. The smallest absolute Gasteiger partial charge is 0.399 e. The first-order chi connectivity index (χ1) is 22.1. The van der Waals surface area contributed by atoms with Crippen molar-refractivity contribution in [1.82, 2.24) is 9.78 Å². The summed E-state index contributed by atoms with van der Waals surface area (Å²) in [5.41, 5.74) is -4.20. The first kappa shape index (κ1) is 34.6. The van der Waals surface area contributed by atoms with Gasteiger partial charge in [-0.15, -0.1) is 0 Å². The number of benzene rings is 4. The molecule has 0 radical (unpaired) electrons. The van der Waals surface area contributed by atoms with E-state index in [1.54, 1.807) is 36.4 Å². The van der Waals surface area contributed by atoms with Gasteiger partial charge in [0.15, 0.2) is 0 Å². The summed E-state index contributed by atoms with van der Waals surface area (Å²) >= 11 is 16.1. The van der Waals surface area contributed by atoms with E-state index in [-0.39, 0.29) is 42.7 Å². The predicted molar refractivity (Wildman–Crippen MR) is 175 cm³/mol. The average Bonchev–Trinajstić information content (AvgIpc) is 3.39. The molecule has 5 rings (SSSR count). The third kappa shape index (κ3) is 7.87. The SMILES string of the molecule is O=C(O)c1cccc(Oc2cccc(-c3nn(Cc4ccc(C(F)(F)P(=O)(O)O)c(Br)c4)c(=NC(=O)c4ccc(Cl)c(Cl)c4)s3)c2)c1. The van der Waals surface area contributed by atoms with E-state index in [9.17, 15) is 28.0 Å². The molecule has 0 saturated heterocycles. The lowest BCUT2D eigenvalue weighted by molar-refractivity contribution is 0.0557. The van der Waals surface area contributed by atoms with Gasteiger partial charge in [0.1, 0.15) is 16.5 Å². The Balaban J connectivity index is 1.54. The number of halogens is 5. The quantitative estimate of drug-likeness (QED) is 0.127. The van der Waals surface area contributed by atoms with Crippen LogP contribution in [0.1, 0.15) is 31.8 Å². The Bertz CT molecular complexity index is 2160. The lowest BCUT2D eigenvalue weighted by atomic mass is 10.1.